The van der Waals surface area contributed by atoms with Crippen molar-refractivity contribution >= 4 is 32.8 Å². The summed E-state index contributed by atoms with van der Waals surface area (Å²) in [6.07, 6.45) is 0.429. The van der Waals surface area contributed by atoms with Gasteiger partial charge in [-0.1, -0.05) is 18.2 Å². The SMILES string of the molecule is O=C(O)Oc1c(NS(=O)(=O)c2ccccc2)ccc2c1cc1n2CCC1. The van der Waals surface area contributed by atoms with Crippen molar-refractivity contribution in [2.24, 2.45) is 0 Å². The Morgan fingerprint density at radius 3 is 2.65 bits per heavy atom. The lowest BCUT2D eigenvalue weighted by atomic mass is 10.2. The molecule has 0 unspecified atom stereocenters. The fourth-order valence-electron chi connectivity index (χ4n) is 3.33. The average Bonchev–Trinajstić information content (AvgIpc) is 3.18. The maximum Gasteiger partial charge on any atom is 0.511 e. The van der Waals surface area contributed by atoms with E-state index in [2.05, 4.69) is 9.29 Å². The molecule has 0 amide bonds. The minimum absolute atomic E-state index is 0.00333. The van der Waals surface area contributed by atoms with Crippen LogP contribution in [-0.2, 0) is 23.0 Å². The number of benzene rings is 2. The lowest BCUT2D eigenvalue weighted by Crippen LogP contribution is -2.15. The van der Waals surface area contributed by atoms with Crippen LogP contribution in [0.1, 0.15) is 12.1 Å². The Morgan fingerprint density at radius 1 is 1.15 bits per heavy atom. The molecule has 7 nitrogen and oxygen atoms in total. The van der Waals surface area contributed by atoms with Gasteiger partial charge in [0.05, 0.1) is 16.1 Å². The summed E-state index contributed by atoms with van der Waals surface area (Å²) in [5, 5.41) is 9.69. The van der Waals surface area contributed by atoms with E-state index in [0.29, 0.717) is 5.39 Å². The van der Waals surface area contributed by atoms with Gasteiger partial charge in [-0.2, -0.15) is 0 Å². The van der Waals surface area contributed by atoms with E-state index in [9.17, 15) is 13.2 Å². The van der Waals surface area contributed by atoms with Crippen molar-refractivity contribution in [1.82, 2.24) is 4.57 Å². The van der Waals surface area contributed by atoms with Gasteiger partial charge in [-0.15, -0.1) is 0 Å². The molecule has 0 spiro atoms. The third-order valence-corrected chi connectivity index (χ3v) is 5.80. The molecule has 4 rings (SSSR count). The minimum Gasteiger partial charge on any atom is -0.449 e. The molecule has 1 aliphatic rings. The number of hydrogen-bond acceptors (Lipinski definition) is 4. The topological polar surface area (TPSA) is 97.6 Å². The van der Waals surface area contributed by atoms with Crippen LogP contribution in [-0.4, -0.2) is 24.2 Å². The number of aryl methyl sites for hydroxylation is 2. The van der Waals surface area contributed by atoms with E-state index in [4.69, 9.17) is 9.84 Å². The van der Waals surface area contributed by atoms with Crippen LogP contribution in [0.25, 0.3) is 10.9 Å². The molecule has 2 aromatic carbocycles. The van der Waals surface area contributed by atoms with E-state index in [1.54, 1.807) is 24.3 Å². The zero-order chi connectivity index (χ0) is 18.3. The molecular weight excluding hydrogens is 356 g/mol. The monoisotopic (exact) mass is 372 g/mol. The van der Waals surface area contributed by atoms with Crippen LogP contribution in [0.3, 0.4) is 0 Å². The quantitative estimate of drug-likeness (QED) is 0.540. The first kappa shape index (κ1) is 16.5. The van der Waals surface area contributed by atoms with Crippen molar-refractivity contribution < 1.29 is 23.1 Å². The zero-order valence-electron chi connectivity index (χ0n) is 13.7. The number of carboxylic acid groups (broad SMARTS) is 1. The molecular formula is C18H16N2O5S. The number of nitrogens with zero attached hydrogens (tertiary/aromatic N) is 1. The first-order valence-corrected chi connectivity index (χ1v) is 9.58. The van der Waals surface area contributed by atoms with Gasteiger partial charge in [0.25, 0.3) is 10.0 Å². The Kier molecular flexibility index (Phi) is 3.84. The third kappa shape index (κ3) is 2.78. The highest BCUT2D eigenvalue weighted by atomic mass is 32.2. The predicted molar refractivity (Wildman–Crippen MR) is 96.2 cm³/mol. The molecule has 1 aliphatic heterocycles. The van der Waals surface area contributed by atoms with E-state index in [1.165, 1.54) is 18.2 Å². The van der Waals surface area contributed by atoms with Gasteiger partial charge in [0, 0.05) is 17.6 Å². The number of ether oxygens (including phenoxy) is 1. The van der Waals surface area contributed by atoms with Crippen LogP contribution in [0.15, 0.2) is 53.4 Å². The van der Waals surface area contributed by atoms with Crippen LogP contribution in [0.5, 0.6) is 5.75 Å². The molecule has 0 fully saturated rings. The van der Waals surface area contributed by atoms with Crippen LogP contribution in [0, 0.1) is 0 Å². The number of fused-ring (bicyclic) bond motifs is 3. The normalized spacial score (nSPS) is 13.5. The van der Waals surface area contributed by atoms with E-state index in [-0.39, 0.29) is 16.3 Å². The molecule has 0 atom stereocenters. The summed E-state index contributed by atoms with van der Waals surface area (Å²) in [6, 6.07) is 13.1. The Labute approximate surface area is 149 Å². The second-order valence-electron chi connectivity index (χ2n) is 6.05. The Hall–Kier alpha value is -3.00. The highest BCUT2D eigenvalue weighted by molar-refractivity contribution is 7.92. The van der Waals surface area contributed by atoms with Crippen molar-refractivity contribution in [2.45, 2.75) is 24.3 Å². The Bertz CT molecular complexity index is 1100. The summed E-state index contributed by atoms with van der Waals surface area (Å²) in [6.45, 7) is 0.848. The molecule has 0 bridgehead atoms. The highest BCUT2D eigenvalue weighted by Gasteiger charge is 2.23. The fourth-order valence-corrected chi connectivity index (χ4v) is 4.42. The second-order valence-corrected chi connectivity index (χ2v) is 7.73. The summed E-state index contributed by atoms with van der Waals surface area (Å²) < 4.78 is 34.7. The summed E-state index contributed by atoms with van der Waals surface area (Å²) in [5.74, 6) is -0.00333. The van der Waals surface area contributed by atoms with Crippen molar-refractivity contribution in [3.8, 4) is 5.75 Å². The molecule has 134 valence electrons. The van der Waals surface area contributed by atoms with Crippen molar-refractivity contribution in [3.63, 3.8) is 0 Å². The first-order chi connectivity index (χ1) is 12.5. The van der Waals surface area contributed by atoms with Crippen molar-refractivity contribution in [3.05, 3.63) is 54.2 Å². The van der Waals surface area contributed by atoms with Gasteiger partial charge >= 0.3 is 6.16 Å². The maximum absolute atomic E-state index is 12.6. The zero-order valence-corrected chi connectivity index (χ0v) is 14.5. The Morgan fingerprint density at radius 2 is 1.92 bits per heavy atom. The first-order valence-electron chi connectivity index (χ1n) is 8.09. The molecule has 2 N–H and O–H groups in total. The van der Waals surface area contributed by atoms with E-state index in [0.717, 1.165) is 30.6 Å². The molecule has 3 aromatic rings. The third-order valence-electron chi connectivity index (χ3n) is 4.42. The van der Waals surface area contributed by atoms with Gasteiger partial charge in [0.15, 0.2) is 5.75 Å². The van der Waals surface area contributed by atoms with E-state index in [1.807, 2.05) is 6.07 Å². The van der Waals surface area contributed by atoms with Crippen LogP contribution >= 0.6 is 0 Å². The highest BCUT2D eigenvalue weighted by Crippen LogP contribution is 2.38. The van der Waals surface area contributed by atoms with Crippen molar-refractivity contribution in [2.75, 3.05) is 4.72 Å². The molecule has 8 heteroatoms. The molecule has 26 heavy (non-hydrogen) atoms. The summed E-state index contributed by atoms with van der Waals surface area (Å²) in [5.41, 5.74) is 2.00. The van der Waals surface area contributed by atoms with Crippen molar-refractivity contribution in [1.29, 1.82) is 0 Å². The van der Waals surface area contributed by atoms with Gasteiger partial charge in [-0.05, 0) is 43.2 Å². The maximum atomic E-state index is 12.6. The number of nitrogens with one attached hydrogen (secondary N) is 1. The molecule has 2 heterocycles. The summed E-state index contributed by atoms with van der Waals surface area (Å²) >= 11 is 0. The van der Waals surface area contributed by atoms with Gasteiger partial charge in [-0.25, -0.2) is 13.2 Å². The molecule has 0 radical (unpaired) electrons. The van der Waals surface area contributed by atoms with Gasteiger partial charge in [0.1, 0.15) is 0 Å². The number of rotatable bonds is 4. The summed E-state index contributed by atoms with van der Waals surface area (Å²) in [4.78, 5) is 11.3. The number of aromatic nitrogens is 1. The number of hydrogen-bond donors (Lipinski definition) is 2. The van der Waals surface area contributed by atoms with Gasteiger partial charge in [0.2, 0.25) is 0 Å². The van der Waals surface area contributed by atoms with E-state index < -0.39 is 16.2 Å². The number of sulfonamides is 1. The van der Waals surface area contributed by atoms with Crippen LogP contribution < -0.4 is 9.46 Å². The second kappa shape index (κ2) is 6.06. The average molecular weight is 372 g/mol. The Balaban J connectivity index is 1.83. The van der Waals surface area contributed by atoms with Crippen LogP contribution in [0.4, 0.5) is 10.5 Å². The largest absolute Gasteiger partial charge is 0.511 e. The van der Waals surface area contributed by atoms with Gasteiger partial charge < -0.3 is 14.4 Å². The molecule has 0 aliphatic carbocycles. The number of anilines is 1. The summed E-state index contributed by atoms with van der Waals surface area (Å²) in [7, 11) is -3.86. The van der Waals surface area contributed by atoms with E-state index >= 15 is 0 Å². The fraction of sp³-hybridized carbons (Fsp3) is 0.167. The lowest BCUT2D eigenvalue weighted by molar-refractivity contribution is 0.145. The molecule has 1 aromatic heterocycles. The standard InChI is InChI=1S/C18H16N2O5S/c21-18(22)25-17-14-11-12-5-4-10-20(12)16(14)9-8-15(17)19-26(23,24)13-6-2-1-3-7-13/h1-3,6-9,11,19H,4-5,10H2,(H,21,22). The van der Waals surface area contributed by atoms with Crippen LogP contribution in [0.2, 0.25) is 0 Å². The van der Waals surface area contributed by atoms with Gasteiger partial charge in [-0.3, -0.25) is 4.72 Å². The predicted octanol–water partition coefficient (Wildman–Crippen LogP) is 3.45. The lowest BCUT2D eigenvalue weighted by Gasteiger charge is -2.13. The molecule has 0 saturated carbocycles. The number of carbonyl (C=O) groups is 1. The molecule has 0 saturated heterocycles. The smallest absolute Gasteiger partial charge is 0.449 e. The minimum atomic E-state index is -3.86.